The number of furan rings is 1. The molecule has 0 radical (unpaired) electrons. The van der Waals surface area contributed by atoms with E-state index in [4.69, 9.17) is 4.42 Å². The molecule has 0 atom stereocenters. The molecule has 81 heavy (non-hydrogen) atoms. The van der Waals surface area contributed by atoms with Gasteiger partial charge >= 0.3 is 0 Å². The molecule has 0 amide bonds. The highest BCUT2D eigenvalue weighted by Crippen LogP contribution is 2.43. The van der Waals surface area contributed by atoms with Crippen molar-refractivity contribution >= 4 is 475 Å². The molecule has 10 aromatic carbocycles. The van der Waals surface area contributed by atoms with Gasteiger partial charge in [-0.05, 0) is 81.9 Å². The van der Waals surface area contributed by atoms with Crippen LogP contribution in [0.2, 0.25) is 0 Å². The number of hydrogen-bond acceptors (Lipinski definition) is 1. The third-order valence-corrected chi connectivity index (χ3v) is 23.6. The smallest absolute Gasteiger partial charge is 0.143 e. The van der Waals surface area contributed by atoms with Gasteiger partial charge in [0.05, 0.1) is 0 Å². The van der Waals surface area contributed by atoms with E-state index in [0.717, 1.165) is 11.2 Å². The summed E-state index contributed by atoms with van der Waals surface area (Å²) in [7, 11) is 71.6. The fourth-order valence-corrected chi connectivity index (χ4v) is 16.4. The first-order valence-corrected chi connectivity index (χ1v) is 30.2. The highest BCUT2D eigenvalue weighted by atomic mass is 16.3. The standard InChI is InChI=1S/C50H60B30O/c51-19-13(34(66)48(80)50-17(19)18-35(67)30(62)15-16(49(18)81-50)36(68)47(79)46(78)33(15)65)2-6-3(22(54)38(70)40(72)24(6)56)1(4-7(2)25(57)41(73)39(71)23(4)55)5-8-10(28(60)43(75)42(74)27(8)59)9(21(53)20(5)52)11-12-14(31(63)37(69)26(11)58)32(64)45(77)44(76)29(12)61/h51-80H2. The summed E-state index contributed by atoms with van der Waals surface area (Å²) in [6.45, 7) is 0. The van der Waals surface area contributed by atoms with Crippen LogP contribution >= 0.6 is 0 Å². The fraction of sp³-hybridized carbons (Fsp3) is 0. The topological polar surface area (TPSA) is 13.1 Å². The van der Waals surface area contributed by atoms with Crippen LogP contribution in [-0.4, -0.2) is 235 Å². The van der Waals surface area contributed by atoms with Crippen molar-refractivity contribution in [2.75, 3.05) is 0 Å². The minimum atomic E-state index is 1.02. The highest BCUT2D eigenvalue weighted by Gasteiger charge is 2.33. The average molecular weight is 1000 g/mol. The zero-order valence-corrected chi connectivity index (χ0v) is 55.4. The number of rotatable bonds is 3. The van der Waals surface area contributed by atoms with E-state index in [1.807, 2.05) is 0 Å². The first-order chi connectivity index (χ1) is 37.8. The lowest BCUT2D eigenvalue weighted by Gasteiger charge is -2.33. The first kappa shape index (κ1) is 58.0. The number of hydrogen-bond donors (Lipinski definition) is 0. The largest absolute Gasteiger partial charge is 0.456 e. The summed E-state index contributed by atoms with van der Waals surface area (Å²) in [5, 5.41) is 16.4. The average Bonchev–Trinajstić information content (AvgIpc) is 3.46. The van der Waals surface area contributed by atoms with Gasteiger partial charge in [0, 0.05) is 16.2 Å². The van der Waals surface area contributed by atoms with Gasteiger partial charge in [-0.15, -0.1) is 60.1 Å². The SMILES string of the molecule is Bc1c(-c2c3c(B)c(B)c(B)c(B)c3c(-c3c(B)c(B)c(-c4c(B)c(B)c(B)c5c(B)c(B)c(B)c(B)c45)c4c(B)c(B)c(B)c(B)c34)c3c(B)c(B)c(B)c(B)c23)c(B)c2c(oc3c4c(B)c(B)c(B)c(B)c4c(B)c(B)c32)c1B. The molecular weight excluding hydrogens is 941 g/mol. The predicted octanol–water partition coefficient (Wildman–Crippen LogP) is -37.9. The minimum absolute atomic E-state index is 1.02. The van der Waals surface area contributed by atoms with E-state index in [0.29, 0.717) is 0 Å². The summed E-state index contributed by atoms with van der Waals surface area (Å²) < 4.78 is 7.44. The normalized spacial score (nSPS) is 12.0. The lowest BCUT2D eigenvalue weighted by Crippen LogP contribution is -2.53. The number of benzene rings is 10. The molecule has 0 bridgehead atoms. The van der Waals surface area contributed by atoms with Gasteiger partial charge in [0.1, 0.15) is 247 Å². The van der Waals surface area contributed by atoms with Gasteiger partial charge in [0.2, 0.25) is 0 Å². The molecule has 356 valence electrons. The van der Waals surface area contributed by atoms with Gasteiger partial charge in [-0.25, -0.2) is 0 Å². The molecule has 0 aliphatic heterocycles. The monoisotopic (exact) mass is 1010 g/mol. The summed E-state index contributed by atoms with van der Waals surface area (Å²) in [4.78, 5) is 0. The molecule has 1 aromatic heterocycles. The van der Waals surface area contributed by atoms with Crippen LogP contribution < -0.4 is 164 Å². The van der Waals surface area contributed by atoms with Gasteiger partial charge in [-0.2, -0.15) is 0 Å². The molecule has 11 rings (SSSR count). The molecule has 1 nitrogen and oxygen atoms in total. The Kier molecular flexibility index (Phi) is 13.9. The van der Waals surface area contributed by atoms with E-state index >= 15 is 0 Å². The quantitative estimate of drug-likeness (QED) is 0.127. The molecule has 0 unspecified atom stereocenters. The van der Waals surface area contributed by atoms with E-state index in [2.05, 4.69) is 235 Å². The summed E-state index contributed by atoms with van der Waals surface area (Å²) >= 11 is 0. The van der Waals surface area contributed by atoms with Crippen molar-refractivity contribution in [2.45, 2.75) is 0 Å². The molecule has 31 heteroatoms. The van der Waals surface area contributed by atoms with Crippen LogP contribution in [0.15, 0.2) is 4.42 Å². The summed E-state index contributed by atoms with van der Waals surface area (Å²) in [6, 6.07) is 0. The maximum Gasteiger partial charge on any atom is 0.143 e. The van der Waals surface area contributed by atoms with Crippen LogP contribution in [0.1, 0.15) is 0 Å². The lowest BCUT2D eigenvalue weighted by atomic mass is 9.55. The summed E-state index contributed by atoms with van der Waals surface area (Å²) in [5.41, 5.74) is 51.4. The first-order valence-electron chi connectivity index (χ1n) is 30.2. The Labute approximate surface area is 509 Å². The molecule has 0 spiro atoms. The van der Waals surface area contributed by atoms with Crippen molar-refractivity contribution in [2.24, 2.45) is 0 Å². The van der Waals surface area contributed by atoms with Gasteiger partial charge in [0.25, 0.3) is 0 Å². The van der Waals surface area contributed by atoms with Crippen LogP contribution in [0, 0.1) is 0 Å². The maximum absolute atomic E-state index is 7.44. The minimum Gasteiger partial charge on any atom is -0.456 e. The van der Waals surface area contributed by atoms with E-state index in [9.17, 15) is 0 Å². The predicted molar refractivity (Wildman–Crippen MR) is 463 cm³/mol. The van der Waals surface area contributed by atoms with Crippen LogP contribution in [0.4, 0.5) is 0 Å². The highest BCUT2D eigenvalue weighted by molar-refractivity contribution is 6.78. The van der Waals surface area contributed by atoms with E-state index in [1.54, 1.807) is 0 Å². The van der Waals surface area contributed by atoms with E-state index < -0.39 is 0 Å². The Morgan fingerprint density at radius 2 is 0.284 bits per heavy atom. The maximum atomic E-state index is 7.44. The fourth-order valence-electron chi connectivity index (χ4n) is 16.4. The van der Waals surface area contributed by atoms with E-state index in [-0.39, 0.29) is 0 Å². The second-order valence-electron chi connectivity index (χ2n) is 26.3. The third-order valence-electron chi connectivity index (χ3n) is 23.6. The van der Waals surface area contributed by atoms with Crippen molar-refractivity contribution < 1.29 is 4.42 Å². The van der Waals surface area contributed by atoms with Crippen molar-refractivity contribution in [3.8, 4) is 33.4 Å². The molecule has 0 aliphatic rings. The van der Waals surface area contributed by atoms with Crippen LogP contribution in [0.3, 0.4) is 0 Å². The molecule has 0 saturated heterocycles. The summed E-state index contributed by atoms with van der Waals surface area (Å²) in [6.07, 6.45) is 0. The second-order valence-corrected chi connectivity index (χ2v) is 26.3. The van der Waals surface area contributed by atoms with Gasteiger partial charge < -0.3 is 4.42 Å². The molecule has 0 saturated carbocycles. The van der Waals surface area contributed by atoms with Crippen molar-refractivity contribution in [1.29, 1.82) is 0 Å². The van der Waals surface area contributed by atoms with Crippen molar-refractivity contribution in [3.63, 3.8) is 0 Å². The molecular formula is C50H60B30O. The Balaban J connectivity index is 1.44. The van der Waals surface area contributed by atoms with Crippen LogP contribution in [0.5, 0.6) is 0 Å². The molecule has 0 N–H and O–H groups in total. The Bertz CT molecular complexity index is 4840. The molecule has 0 aliphatic carbocycles. The van der Waals surface area contributed by atoms with Crippen LogP contribution in [-0.2, 0) is 0 Å². The molecule has 0 fully saturated rings. The van der Waals surface area contributed by atoms with Crippen molar-refractivity contribution in [3.05, 3.63) is 0 Å². The lowest BCUT2D eigenvalue weighted by molar-refractivity contribution is 0.676. The van der Waals surface area contributed by atoms with Gasteiger partial charge in [-0.1, -0.05) is 104 Å². The Morgan fingerprint density at radius 3 is 0.630 bits per heavy atom. The Hall–Kier alpha value is -4.75. The Morgan fingerprint density at radius 1 is 0.111 bits per heavy atom. The van der Waals surface area contributed by atoms with Crippen LogP contribution in [0.25, 0.3) is 109 Å². The zero-order valence-electron chi connectivity index (χ0n) is 55.4. The van der Waals surface area contributed by atoms with E-state index in [1.165, 1.54) is 262 Å². The van der Waals surface area contributed by atoms with Crippen molar-refractivity contribution in [1.82, 2.24) is 0 Å². The zero-order chi connectivity index (χ0) is 59.6. The number of fused-ring (bicyclic) bond motifs is 9. The van der Waals surface area contributed by atoms with Gasteiger partial charge in [0.15, 0.2) is 0 Å². The van der Waals surface area contributed by atoms with Gasteiger partial charge in [-0.3, -0.25) is 0 Å². The second kappa shape index (κ2) is 19.4. The molecule has 11 aromatic rings. The summed E-state index contributed by atoms with van der Waals surface area (Å²) in [5.74, 6) is 0. The third kappa shape index (κ3) is 7.30. The molecule has 1 heterocycles.